The van der Waals surface area contributed by atoms with Crippen LogP contribution in [0, 0.1) is 0 Å². The van der Waals surface area contributed by atoms with Crippen LogP contribution in [0.15, 0.2) is 12.1 Å². The number of fused-ring (bicyclic) bond motifs is 1. The topological polar surface area (TPSA) is 84.0 Å². The Hall–Kier alpha value is -0.960. The minimum absolute atomic E-state index is 0.0259. The SMILES string of the molecule is CNCCCS(=O)(=O)Nc1c(Cl)ccc2nsnc12. The van der Waals surface area contributed by atoms with Crippen molar-refractivity contribution < 1.29 is 8.42 Å². The minimum Gasteiger partial charge on any atom is -0.320 e. The van der Waals surface area contributed by atoms with Crippen LogP contribution >= 0.6 is 23.3 Å². The van der Waals surface area contributed by atoms with Crippen molar-refractivity contribution in [1.82, 2.24) is 14.1 Å². The molecule has 0 bridgehead atoms. The van der Waals surface area contributed by atoms with Crippen molar-refractivity contribution in [1.29, 1.82) is 0 Å². The molecule has 2 rings (SSSR count). The average Bonchev–Trinajstić information content (AvgIpc) is 2.81. The maximum Gasteiger partial charge on any atom is 0.232 e. The summed E-state index contributed by atoms with van der Waals surface area (Å²) < 4.78 is 34.5. The van der Waals surface area contributed by atoms with Crippen molar-refractivity contribution >= 4 is 50.1 Å². The molecular weight excluding hydrogens is 308 g/mol. The Balaban J connectivity index is 2.25. The van der Waals surface area contributed by atoms with Gasteiger partial charge in [0.15, 0.2) is 0 Å². The third-order valence-corrected chi connectivity index (χ3v) is 4.67. The zero-order chi connectivity index (χ0) is 13.9. The lowest BCUT2D eigenvalue weighted by Crippen LogP contribution is -2.20. The van der Waals surface area contributed by atoms with Crippen molar-refractivity contribution in [3.8, 4) is 0 Å². The average molecular weight is 321 g/mol. The van der Waals surface area contributed by atoms with E-state index in [0.29, 0.717) is 34.7 Å². The molecule has 6 nitrogen and oxygen atoms in total. The smallest absolute Gasteiger partial charge is 0.232 e. The standard InChI is InChI=1S/C10H13ClN4O2S2/c1-12-5-2-6-19(16,17)15-9-7(11)3-4-8-10(9)14-18-13-8/h3-4,12,15H,2,5-6H2,1H3. The molecule has 0 aliphatic heterocycles. The molecule has 1 aromatic carbocycles. The molecular formula is C10H13ClN4O2S2. The van der Waals surface area contributed by atoms with E-state index in [1.54, 1.807) is 19.2 Å². The van der Waals surface area contributed by atoms with Crippen LogP contribution in [0.5, 0.6) is 0 Å². The molecule has 0 unspecified atom stereocenters. The molecule has 0 amide bonds. The molecule has 1 aromatic heterocycles. The number of sulfonamides is 1. The number of hydrogen-bond donors (Lipinski definition) is 2. The van der Waals surface area contributed by atoms with Gasteiger partial charge in [0.25, 0.3) is 0 Å². The molecule has 0 spiro atoms. The van der Waals surface area contributed by atoms with Gasteiger partial charge in [-0.15, -0.1) is 0 Å². The van der Waals surface area contributed by atoms with Crippen LogP contribution in [-0.4, -0.2) is 36.5 Å². The molecule has 104 valence electrons. The summed E-state index contributed by atoms with van der Waals surface area (Å²) in [5.74, 6) is 0.0259. The number of benzene rings is 1. The van der Waals surface area contributed by atoms with Crippen LogP contribution in [0.4, 0.5) is 5.69 Å². The first-order valence-corrected chi connectivity index (χ1v) is 8.35. The number of nitrogens with one attached hydrogen (secondary N) is 2. The number of aromatic nitrogens is 2. The van der Waals surface area contributed by atoms with E-state index in [2.05, 4.69) is 18.8 Å². The molecule has 9 heteroatoms. The summed E-state index contributed by atoms with van der Waals surface area (Å²) in [6.07, 6.45) is 0.523. The second kappa shape index (κ2) is 6.00. The van der Waals surface area contributed by atoms with Gasteiger partial charge < -0.3 is 5.32 Å². The summed E-state index contributed by atoms with van der Waals surface area (Å²) in [6.45, 7) is 0.636. The molecule has 2 aromatic rings. The molecule has 0 radical (unpaired) electrons. The van der Waals surface area contributed by atoms with Crippen LogP contribution < -0.4 is 10.0 Å². The lowest BCUT2D eigenvalue weighted by Gasteiger charge is -2.09. The second-order valence-corrected chi connectivity index (χ2v) is 6.71. The highest BCUT2D eigenvalue weighted by Crippen LogP contribution is 2.30. The molecule has 0 aliphatic rings. The summed E-state index contributed by atoms with van der Waals surface area (Å²) in [5.41, 5.74) is 1.41. The first-order valence-electron chi connectivity index (χ1n) is 5.59. The highest BCUT2D eigenvalue weighted by atomic mass is 35.5. The van der Waals surface area contributed by atoms with Gasteiger partial charge >= 0.3 is 0 Å². The summed E-state index contributed by atoms with van der Waals surface area (Å²) in [5, 5.41) is 3.22. The summed E-state index contributed by atoms with van der Waals surface area (Å²) in [4.78, 5) is 0. The molecule has 0 fully saturated rings. The maximum absolute atomic E-state index is 12.0. The van der Waals surface area contributed by atoms with Crippen LogP contribution in [-0.2, 0) is 10.0 Å². The molecule has 19 heavy (non-hydrogen) atoms. The predicted molar refractivity (Wildman–Crippen MR) is 78.4 cm³/mol. The van der Waals surface area contributed by atoms with Gasteiger partial charge in [-0.2, -0.15) is 8.75 Å². The Kier molecular flexibility index (Phi) is 4.56. The minimum atomic E-state index is -3.44. The Bertz CT molecular complexity index is 671. The van der Waals surface area contributed by atoms with E-state index in [1.807, 2.05) is 0 Å². The van der Waals surface area contributed by atoms with Gasteiger partial charge in [0.2, 0.25) is 10.0 Å². The largest absolute Gasteiger partial charge is 0.320 e. The first-order chi connectivity index (χ1) is 9.03. The van der Waals surface area contributed by atoms with Gasteiger partial charge in [-0.3, -0.25) is 4.72 Å². The van der Waals surface area contributed by atoms with Gasteiger partial charge in [0.1, 0.15) is 11.0 Å². The molecule has 1 heterocycles. The van der Waals surface area contributed by atoms with Crippen molar-refractivity contribution in [2.45, 2.75) is 6.42 Å². The van der Waals surface area contributed by atoms with E-state index in [1.165, 1.54) is 0 Å². The van der Waals surface area contributed by atoms with Crippen molar-refractivity contribution in [3.05, 3.63) is 17.2 Å². The van der Waals surface area contributed by atoms with E-state index < -0.39 is 10.0 Å². The fourth-order valence-electron chi connectivity index (χ4n) is 1.57. The Labute approximate surface area is 120 Å². The van der Waals surface area contributed by atoms with E-state index in [-0.39, 0.29) is 5.75 Å². The van der Waals surface area contributed by atoms with Gasteiger partial charge in [0.05, 0.1) is 28.2 Å². The number of nitrogens with zero attached hydrogens (tertiary/aromatic N) is 2. The van der Waals surface area contributed by atoms with Gasteiger partial charge in [-0.25, -0.2) is 8.42 Å². The third kappa shape index (κ3) is 3.53. The summed E-state index contributed by atoms with van der Waals surface area (Å²) in [6, 6.07) is 3.32. The normalized spacial score (nSPS) is 11.9. The van der Waals surface area contributed by atoms with E-state index >= 15 is 0 Å². The number of rotatable bonds is 6. The Morgan fingerprint density at radius 1 is 1.37 bits per heavy atom. The van der Waals surface area contributed by atoms with E-state index in [4.69, 9.17) is 11.6 Å². The van der Waals surface area contributed by atoms with Crippen LogP contribution in [0.1, 0.15) is 6.42 Å². The fraction of sp³-hybridized carbons (Fsp3) is 0.400. The van der Waals surface area contributed by atoms with Crippen LogP contribution in [0.2, 0.25) is 5.02 Å². The van der Waals surface area contributed by atoms with Gasteiger partial charge in [-0.1, -0.05) is 11.6 Å². The number of hydrogen-bond acceptors (Lipinski definition) is 6. The molecule has 0 atom stereocenters. The molecule has 0 saturated carbocycles. The van der Waals surface area contributed by atoms with Crippen LogP contribution in [0.25, 0.3) is 11.0 Å². The van der Waals surface area contributed by atoms with Gasteiger partial charge in [-0.05, 0) is 32.1 Å². The van der Waals surface area contributed by atoms with Gasteiger partial charge in [0, 0.05) is 0 Å². The zero-order valence-electron chi connectivity index (χ0n) is 10.2. The van der Waals surface area contributed by atoms with Crippen molar-refractivity contribution in [2.75, 3.05) is 24.1 Å². The van der Waals surface area contributed by atoms with Crippen molar-refractivity contribution in [2.24, 2.45) is 0 Å². The van der Waals surface area contributed by atoms with E-state index in [9.17, 15) is 8.42 Å². The maximum atomic E-state index is 12.0. The van der Waals surface area contributed by atoms with Crippen LogP contribution in [0.3, 0.4) is 0 Å². The highest BCUT2D eigenvalue weighted by Gasteiger charge is 2.16. The highest BCUT2D eigenvalue weighted by molar-refractivity contribution is 7.92. The predicted octanol–water partition coefficient (Wildman–Crippen LogP) is 1.70. The molecule has 0 aliphatic carbocycles. The van der Waals surface area contributed by atoms with E-state index in [0.717, 1.165) is 11.7 Å². The quantitative estimate of drug-likeness (QED) is 0.791. The number of anilines is 1. The first kappa shape index (κ1) is 14.4. The van der Waals surface area contributed by atoms with Crippen molar-refractivity contribution in [3.63, 3.8) is 0 Å². The summed E-state index contributed by atoms with van der Waals surface area (Å²) >= 11 is 7.04. The Morgan fingerprint density at radius 2 is 2.16 bits per heavy atom. The lowest BCUT2D eigenvalue weighted by atomic mass is 10.3. The summed E-state index contributed by atoms with van der Waals surface area (Å²) in [7, 11) is -1.66. The fourth-order valence-corrected chi connectivity index (χ4v) is 3.51. The second-order valence-electron chi connectivity index (χ2n) is 3.93. The zero-order valence-corrected chi connectivity index (χ0v) is 12.6. The monoisotopic (exact) mass is 320 g/mol. The molecule has 2 N–H and O–H groups in total. The number of halogens is 1. The third-order valence-electron chi connectivity index (χ3n) is 2.47. The molecule has 0 saturated heterocycles. The Morgan fingerprint density at radius 3 is 2.89 bits per heavy atom. The lowest BCUT2D eigenvalue weighted by molar-refractivity contribution is 0.597.